The van der Waals surface area contributed by atoms with Crippen LogP contribution in [0.25, 0.3) is 28.1 Å². The van der Waals surface area contributed by atoms with Crippen molar-refractivity contribution in [2.24, 2.45) is 7.05 Å². The maximum atomic E-state index is 5.65. The van der Waals surface area contributed by atoms with Gasteiger partial charge < -0.3 is 19.1 Å². The van der Waals surface area contributed by atoms with Crippen LogP contribution < -0.4 is 4.90 Å². The number of piperidine rings is 1. The molecule has 2 aliphatic heterocycles. The Kier molecular flexibility index (Phi) is 6.56. The molecule has 6 rings (SSSR count). The predicted molar refractivity (Wildman–Crippen MR) is 145 cm³/mol. The zero-order valence-electron chi connectivity index (χ0n) is 22.4. The van der Waals surface area contributed by atoms with Crippen LogP contribution in [-0.2, 0) is 24.8 Å². The van der Waals surface area contributed by atoms with E-state index in [2.05, 4.69) is 58.0 Å². The molecule has 2 aliphatic rings. The molecular formula is C27H37N9O. The topological polar surface area (TPSA) is 80.4 Å². The molecule has 3 aromatic heterocycles. The van der Waals surface area contributed by atoms with Crippen LogP contribution >= 0.6 is 0 Å². The lowest BCUT2D eigenvalue weighted by Crippen LogP contribution is -2.41. The van der Waals surface area contributed by atoms with Gasteiger partial charge in [0.25, 0.3) is 0 Å². The molecule has 2 saturated heterocycles. The van der Waals surface area contributed by atoms with Crippen molar-refractivity contribution in [3.8, 4) is 5.95 Å². The highest BCUT2D eigenvalue weighted by Gasteiger charge is 2.26. The molecule has 10 nitrogen and oxygen atoms in total. The minimum absolute atomic E-state index is 0.654. The molecule has 0 saturated carbocycles. The average molecular weight is 504 g/mol. The summed E-state index contributed by atoms with van der Waals surface area (Å²) in [7, 11) is 6.45. The molecule has 37 heavy (non-hydrogen) atoms. The van der Waals surface area contributed by atoms with Gasteiger partial charge in [0.2, 0.25) is 5.95 Å². The molecule has 0 unspecified atom stereocenters. The number of likely N-dealkylation sites (tertiary alicyclic amines) is 1. The first-order valence-corrected chi connectivity index (χ1v) is 13.4. The summed E-state index contributed by atoms with van der Waals surface area (Å²) in [6.45, 7) is 8.08. The molecule has 10 heteroatoms. The SMILES string of the molecule is CCc1nc2ccccc2n1-c1nc(N2CCOCC2)c2nc(CN3CCC(N(C)C)CC3)n(C)c2n1. The summed E-state index contributed by atoms with van der Waals surface area (Å²) in [5.41, 5.74) is 3.72. The molecule has 1 aromatic carbocycles. The highest BCUT2D eigenvalue weighted by Crippen LogP contribution is 2.29. The standard InChI is InChI=1S/C27H37N9O/c1-5-22-28-20-8-6-7-9-21(20)36(22)27-30-25-24(26(31-27)35-14-16-37-17-15-35)29-23(33(25)4)18-34-12-10-19(11-13-34)32(2)3/h6-9,19H,5,10-18H2,1-4H3. The largest absolute Gasteiger partial charge is 0.378 e. The molecule has 0 amide bonds. The fourth-order valence-electron chi connectivity index (χ4n) is 5.65. The van der Waals surface area contributed by atoms with Crippen molar-refractivity contribution in [3.63, 3.8) is 0 Å². The van der Waals surface area contributed by atoms with Crippen LogP contribution in [0.1, 0.15) is 31.4 Å². The highest BCUT2D eigenvalue weighted by molar-refractivity contribution is 5.86. The van der Waals surface area contributed by atoms with Gasteiger partial charge in [0.15, 0.2) is 17.0 Å². The number of morpholine rings is 1. The molecule has 4 aromatic rings. The Morgan fingerprint density at radius 2 is 1.70 bits per heavy atom. The van der Waals surface area contributed by atoms with Crippen molar-refractivity contribution in [2.45, 2.75) is 38.8 Å². The number of aromatic nitrogens is 6. The van der Waals surface area contributed by atoms with Crippen LogP contribution in [0.4, 0.5) is 5.82 Å². The third kappa shape index (κ3) is 4.47. The Hall–Kier alpha value is -3.08. The number of imidazole rings is 2. The summed E-state index contributed by atoms with van der Waals surface area (Å²) < 4.78 is 9.92. The Morgan fingerprint density at radius 3 is 2.43 bits per heavy atom. The van der Waals surface area contributed by atoms with E-state index in [1.165, 1.54) is 12.8 Å². The molecule has 196 valence electrons. The molecule has 0 radical (unpaired) electrons. The van der Waals surface area contributed by atoms with Gasteiger partial charge in [-0.2, -0.15) is 9.97 Å². The van der Waals surface area contributed by atoms with E-state index < -0.39 is 0 Å². The van der Waals surface area contributed by atoms with E-state index >= 15 is 0 Å². The van der Waals surface area contributed by atoms with Gasteiger partial charge in [0.1, 0.15) is 11.6 Å². The summed E-state index contributed by atoms with van der Waals surface area (Å²) >= 11 is 0. The van der Waals surface area contributed by atoms with E-state index in [1.54, 1.807) is 0 Å². The number of fused-ring (bicyclic) bond motifs is 2. The van der Waals surface area contributed by atoms with Gasteiger partial charge in [-0.25, -0.2) is 9.97 Å². The monoisotopic (exact) mass is 503 g/mol. The number of anilines is 1. The van der Waals surface area contributed by atoms with Gasteiger partial charge >= 0.3 is 0 Å². The summed E-state index contributed by atoms with van der Waals surface area (Å²) in [4.78, 5) is 27.4. The quantitative estimate of drug-likeness (QED) is 0.397. The van der Waals surface area contributed by atoms with Crippen molar-refractivity contribution >= 4 is 28.0 Å². The Balaban J connectivity index is 1.44. The maximum absolute atomic E-state index is 5.65. The molecule has 0 aliphatic carbocycles. The first kappa shape index (κ1) is 24.3. The Labute approximate surface area is 217 Å². The third-order valence-corrected chi connectivity index (χ3v) is 7.89. The van der Waals surface area contributed by atoms with E-state index in [-0.39, 0.29) is 0 Å². The number of rotatable bonds is 6. The van der Waals surface area contributed by atoms with Crippen molar-refractivity contribution in [3.05, 3.63) is 35.9 Å². The normalized spacial score (nSPS) is 18.0. The van der Waals surface area contributed by atoms with Gasteiger partial charge in [-0.15, -0.1) is 0 Å². The average Bonchev–Trinajstić information content (AvgIpc) is 3.46. The van der Waals surface area contributed by atoms with Gasteiger partial charge in [0, 0.05) is 45.7 Å². The number of nitrogens with zero attached hydrogens (tertiary/aromatic N) is 9. The minimum Gasteiger partial charge on any atom is -0.378 e. The molecule has 0 N–H and O–H groups in total. The minimum atomic E-state index is 0.654. The fraction of sp³-hybridized carbons (Fsp3) is 0.556. The van der Waals surface area contributed by atoms with E-state index in [1.807, 2.05) is 18.2 Å². The number of para-hydroxylation sites is 2. The van der Waals surface area contributed by atoms with Gasteiger partial charge in [-0.1, -0.05) is 19.1 Å². The van der Waals surface area contributed by atoms with E-state index in [0.29, 0.717) is 25.2 Å². The van der Waals surface area contributed by atoms with Gasteiger partial charge in [-0.3, -0.25) is 9.47 Å². The fourth-order valence-corrected chi connectivity index (χ4v) is 5.65. The number of benzene rings is 1. The molecule has 0 bridgehead atoms. The molecular weight excluding hydrogens is 466 g/mol. The van der Waals surface area contributed by atoms with Crippen LogP contribution in [0.3, 0.4) is 0 Å². The summed E-state index contributed by atoms with van der Waals surface area (Å²) in [5.74, 6) is 3.53. The van der Waals surface area contributed by atoms with Crippen LogP contribution in [0.2, 0.25) is 0 Å². The predicted octanol–water partition coefficient (Wildman–Crippen LogP) is 2.63. The lowest BCUT2D eigenvalue weighted by molar-refractivity contribution is 0.122. The van der Waals surface area contributed by atoms with Crippen molar-refractivity contribution in [1.29, 1.82) is 0 Å². The Bertz CT molecular complexity index is 1390. The molecule has 2 fully saturated rings. The van der Waals surface area contributed by atoms with E-state index in [9.17, 15) is 0 Å². The third-order valence-electron chi connectivity index (χ3n) is 7.89. The van der Waals surface area contributed by atoms with Crippen molar-refractivity contribution < 1.29 is 4.74 Å². The number of hydrogen-bond donors (Lipinski definition) is 0. The number of hydrogen-bond acceptors (Lipinski definition) is 8. The number of aryl methyl sites for hydroxylation is 2. The second-order valence-electron chi connectivity index (χ2n) is 10.4. The van der Waals surface area contributed by atoms with Crippen LogP contribution in [0.15, 0.2) is 24.3 Å². The summed E-state index contributed by atoms with van der Waals surface area (Å²) in [5, 5.41) is 0. The smallest absolute Gasteiger partial charge is 0.239 e. The maximum Gasteiger partial charge on any atom is 0.239 e. The molecule has 5 heterocycles. The highest BCUT2D eigenvalue weighted by atomic mass is 16.5. The lowest BCUT2D eigenvalue weighted by Gasteiger charge is -2.34. The lowest BCUT2D eigenvalue weighted by atomic mass is 10.0. The number of ether oxygens (including phenoxy) is 1. The summed E-state index contributed by atoms with van der Waals surface area (Å²) in [6.07, 6.45) is 3.17. The molecule has 0 spiro atoms. The van der Waals surface area contributed by atoms with Crippen molar-refractivity contribution in [2.75, 3.05) is 58.4 Å². The summed E-state index contributed by atoms with van der Waals surface area (Å²) in [6, 6.07) is 8.87. The van der Waals surface area contributed by atoms with Crippen molar-refractivity contribution in [1.82, 2.24) is 38.9 Å². The second kappa shape index (κ2) is 10.00. The zero-order chi connectivity index (χ0) is 25.5. The van der Waals surface area contributed by atoms with Crippen LogP contribution in [-0.4, -0.2) is 98.4 Å². The van der Waals surface area contributed by atoms with Gasteiger partial charge in [0.05, 0.1) is 30.8 Å². The first-order chi connectivity index (χ1) is 18.0. The van der Waals surface area contributed by atoms with Crippen LogP contribution in [0, 0.1) is 0 Å². The zero-order valence-corrected chi connectivity index (χ0v) is 22.4. The second-order valence-corrected chi connectivity index (χ2v) is 10.4. The van der Waals surface area contributed by atoms with E-state index in [4.69, 9.17) is 24.7 Å². The Morgan fingerprint density at radius 1 is 0.946 bits per heavy atom. The van der Waals surface area contributed by atoms with Gasteiger partial charge in [-0.05, 0) is 39.1 Å². The van der Waals surface area contributed by atoms with Crippen LogP contribution in [0.5, 0.6) is 0 Å². The molecule has 0 atom stereocenters. The first-order valence-electron chi connectivity index (χ1n) is 13.4. The van der Waals surface area contributed by atoms with E-state index in [0.717, 1.165) is 78.8 Å².